The zero-order valence-corrected chi connectivity index (χ0v) is 22.5. The number of methoxy groups -OCH3 is 1. The van der Waals surface area contributed by atoms with Crippen molar-refractivity contribution in [3.05, 3.63) is 141 Å². The molecular formula is C34H24N2O6. The number of rotatable bonds is 5. The Morgan fingerprint density at radius 3 is 2.21 bits per heavy atom. The third-order valence-electron chi connectivity index (χ3n) is 8.80. The second-order valence-corrected chi connectivity index (χ2v) is 10.7. The number of nitrogens with zero attached hydrogens (tertiary/aromatic N) is 2. The van der Waals surface area contributed by atoms with Crippen LogP contribution in [0.3, 0.4) is 0 Å². The predicted octanol–water partition coefficient (Wildman–Crippen LogP) is 5.92. The van der Waals surface area contributed by atoms with Gasteiger partial charge >= 0.3 is 0 Å². The highest BCUT2D eigenvalue weighted by molar-refractivity contribution is 6.32. The topological polar surface area (TPSA) is 107 Å². The molecular weight excluding hydrogens is 532 g/mol. The minimum absolute atomic E-state index is 0.186. The number of fused-ring (bicyclic) bond motifs is 5. The molecule has 1 aliphatic carbocycles. The first kappa shape index (κ1) is 25.6. The van der Waals surface area contributed by atoms with Crippen molar-refractivity contribution >= 4 is 34.8 Å². The van der Waals surface area contributed by atoms with E-state index in [0.29, 0.717) is 33.7 Å². The number of Topliss-reactive ketones (excluding diaryl/α,β-unsaturated/α-hetero) is 3. The fraction of sp³-hybridized carbons (Fsp3) is 0.147. The van der Waals surface area contributed by atoms with E-state index in [1.807, 2.05) is 41.3 Å². The minimum atomic E-state index is -1.73. The molecule has 4 aromatic carbocycles. The van der Waals surface area contributed by atoms with Crippen molar-refractivity contribution in [1.29, 1.82) is 0 Å². The molecule has 2 aliphatic heterocycles. The van der Waals surface area contributed by atoms with E-state index in [1.165, 1.54) is 25.3 Å². The maximum Gasteiger partial charge on any atom is 0.269 e. The lowest BCUT2D eigenvalue weighted by Crippen LogP contribution is -2.48. The number of ether oxygens (including phenoxy) is 1. The van der Waals surface area contributed by atoms with Crippen LogP contribution < -0.4 is 9.64 Å². The van der Waals surface area contributed by atoms with E-state index in [-0.39, 0.29) is 23.0 Å². The molecule has 8 heteroatoms. The number of nitro groups is 1. The van der Waals surface area contributed by atoms with Gasteiger partial charge in [0.15, 0.2) is 17.3 Å². The first-order valence-corrected chi connectivity index (χ1v) is 13.5. The molecule has 4 aromatic rings. The second-order valence-electron chi connectivity index (χ2n) is 10.7. The van der Waals surface area contributed by atoms with E-state index in [9.17, 15) is 24.5 Å². The number of anilines is 1. The van der Waals surface area contributed by atoms with Crippen molar-refractivity contribution in [2.45, 2.75) is 18.0 Å². The van der Waals surface area contributed by atoms with E-state index in [2.05, 4.69) is 0 Å². The highest BCUT2D eigenvalue weighted by Crippen LogP contribution is 2.61. The third-order valence-corrected chi connectivity index (χ3v) is 8.80. The summed E-state index contributed by atoms with van der Waals surface area (Å²) in [5.41, 5.74) is 0.975. The quantitative estimate of drug-likeness (QED) is 0.130. The molecule has 42 heavy (non-hydrogen) atoms. The normalized spacial score (nSPS) is 21.2. The number of carbonyl (C=O) groups excluding carboxylic acids is 3. The van der Waals surface area contributed by atoms with Gasteiger partial charge in [-0.25, -0.2) is 0 Å². The Kier molecular flexibility index (Phi) is 5.69. The van der Waals surface area contributed by atoms with Crippen LogP contribution in [0, 0.1) is 15.5 Å². The van der Waals surface area contributed by atoms with Gasteiger partial charge in [-0.15, -0.1) is 0 Å². The molecule has 206 valence electrons. The number of hydrogen-bond donors (Lipinski definition) is 0. The molecule has 8 nitrogen and oxygen atoms in total. The maximum absolute atomic E-state index is 14.7. The lowest BCUT2D eigenvalue weighted by atomic mass is 9.64. The lowest BCUT2D eigenvalue weighted by molar-refractivity contribution is -0.384. The van der Waals surface area contributed by atoms with Crippen LogP contribution in [0.4, 0.5) is 11.4 Å². The van der Waals surface area contributed by atoms with Crippen molar-refractivity contribution in [3.8, 4) is 5.75 Å². The first-order valence-electron chi connectivity index (χ1n) is 13.5. The second kappa shape index (κ2) is 9.34. The predicted molar refractivity (Wildman–Crippen MR) is 156 cm³/mol. The van der Waals surface area contributed by atoms with Crippen LogP contribution >= 0.6 is 0 Å². The number of non-ortho nitro benzene ring substituents is 1. The zero-order valence-electron chi connectivity index (χ0n) is 22.5. The van der Waals surface area contributed by atoms with Gasteiger partial charge in [0.1, 0.15) is 17.2 Å². The number of nitro benzene ring substituents is 1. The fourth-order valence-electron chi connectivity index (χ4n) is 7.05. The molecule has 3 aliphatic rings. The third kappa shape index (κ3) is 3.38. The molecule has 1 saturated heterocycles. The Bertz CT molecular complexity index is 1810. The van der Waals surface area contributed by atoms with Gasteiger partial charge in [0, 0.05) is 40.4 Å². The Balaban J connectivity index is 1.54. The summed E-state index contributed by atoms with van der Waals surface area (Å²) in [7, 11) is 1.53. The average molecular weight is 557 g/mol. The van der Waals surface area contributed by atoms with Crippen LogP contribution in [-0.2, 0) is 0 Å². The number of benzene rings is 4. The van der Waals surface area contributed by atoms with Gasteiger partial charge < -0.3 is 9.64 Å². The largest absolute Gasteiger partial charge is 0.497 e. The molecule has 3 atom stereocenters. The van der Waals surface area contributed by atoms with Gasteiger partial charge in [0.2, 0.25) is 0 Å². The minimum Gasteiger partial charge on any atom is -0.497 e. The van der Waals surface area contributed by atoms with Crippen LogP contribution in [0.15, 0.2) is 103 Å². The molecule has 0 aromatic heterocycles. The standard InChI is InChI=1S/C34H24N2O6/c1-42-24-16-13-21(14-17-24)31(37)30-29(22-8-6-9-23(19-22)36(40)41)34(32(38)25-10-3-4-11-26(25)33(34)39)28-18-15-20-7-2-5-12-27(20)35(28)30/h2-19,28-30H,1H3/t28?,29-,30+/m0/s1. The molecule has 2 heterocycles. The van der Waals surface area contributed by atoms with Crippen molar-refractivity contribution in [3.63, 3.8) is 0 Å². The maximum atomic E-state index is 14.7. The van der Waals surface area contributed by atoms with Crippen LogP contribution in [-0.4, -0.2) is 41.5 Å². The van der Waals surface area contributed by atoms with Crippen molar-refractivity contribution in [2.24, 2.45) is 5.41 Å². The van der Waals surface area contributed by atoms with Crippen molar-refractivity contribution < 1.29 is 24.0 Å². The first-order chi connectivity index (χ1) is 20.4. The van der Waals surface area contributed by atoms with E-state index in [1.54, 1.807) is 54.6 Å². The molecule has 0 N–H and O–H groups in total. The Labute approximate surface area is 241 Å². The molecule has 0 amide bonds. The lowest BCUT2D eigenvalue weighted by Gasteiger charge is -2.37. The highest BCUT2D eigenvalue weighted by atomic mass is 16.6. The fourth-order valence-corrected chi connectivity index (χ4v) is 7.05. The summed E-state index contributed by atoms with van der Waals surface area (Å²) in [5, 5.41) is 11.9. The highest BCUT2D eigenvalue weighted by Gasteiger charge is 2.71. The monoisotopic (exact) mass is 556 g/mol. The van der Waals surface area contributed by atoms with Crippen LogP contribution in [0.2, 0.25) is 0 Å². The molecule has 0 bridgehead atoms. The summed E-state index contributed by atoms with van der Waals surface area (Å²) in [6.45, 7) is 0. The summed E-state index contributed by atoms with van der Waals surface area (Å²) in [4.78, 5) is 57.2. The number of carbonyl (C=O) groups is 3. The molecule has 1 spiro atoms. The van der Waals surface area contributed by atoms with Gasteiger partial charge in [-0.05, 0) is 41.5 Å². The van der Waals surface area contributed by atoms with Gasteiger partial charge in [-0.1, -0.05) is 66.7 Å². The summed E-state index contributed by atoms with van der Waals surface area (Å²) >= 11 is 0. The van der Waals surface area contributed by atoms with Gasteiger partial charge in [-0.3, -0.25) is 24.5 Å². The van der Waals surface area contributed by atoms with Crippen LogP contribution in [0.25, 0.3) is 6.08 Å². The van der Waals surface area contributed by atoms with Crippen molar-refractivity contribution in [1.82, 2.24) is 0 Å². The molecule has 1 unspecified atom stereocenters. The molecule has 0 saturated carbocycles. The van der Waals surface area contributed by atoms with E-state index in [4.69, 9.17) is 4.74 Å². The zero-order chi connectivity index (χ0) is 29.2. The van der Waals surface area contributed by atoms with E-state index >= 15 is 0 Å². The Morgan fingerprint density at radius 2 is 1.55 bits per heavy atom. The summed E-state index contributed by atoms with van der Waals surface area (Å²) in [6, 6.07) is 25.0. The van der Waals surface area contributed by atoms with Gasteiger partial charge in [-0.2, -0.15) is 0 Å². The number of para-hydroxylation sites is 1. The van der Waals surface area contributed by atoms with E-state index < -0.39 is 28.3 Å². The number of ketones is 3. The molecule has 0 radical (unpaired) electrons. The smallest absolute Gasteiger partial charge is 0.269 e. The van der Waals surface area contributed by atoms with Crippen LogP contribution in [0.1, 0.15) is 48.1 Å². The summed E-state index contributed by atoms with van der Waals surface area (Å²) in [5.74, 6) is -1.53. The Hall–Kier alpha value is -5.37. The molecule has 7 rings (SSSR count). The summed E-state index contributed by atoms with van der Waals surface area (Å²) in [6.07, 6.45) is 3.71. The van der Waals surface area contributed by atoms with Gasteiger partial charge in [0.25, 0.3) is 5.69 Å². The van der Waals surface area contributed by atoms with Crippen LogP contribution in [0.5, 0.6) is 5.75 Å². The Morgan fingerprint density at radius 1 is 0.881 bits per heavy atom. The number of hydrogen-bond acceptors (Lipinski definition) is 7. The SMILES string of the molecule is COc1ccc(C(=O)[C@H]2[C@H](c3cccc([N+](=O)[O-])c3)C3(C(=O)c4ccccc4C3=O)C3C=Cc4ccccc4N32)cc1. The average Bonchev–Trinajstić information content (AvgIpc) is 3.47. The molecule has 1 fully saturated rings. The van der Waals surface area contributed by atoms with Crippen molar-refractivity contribution in [2.75, 3.05) is 12.0 Å². The summed E-state index contributed by atoms with van der Waals surface area (Å²) < 4.78 is 5.29. The van der Waals surface area contributed by atoms with E-state index in [0.717, 1.165) is 5.56 Å². The van der Waals surface area contributed by atoms with Gasteiger partial charge in [0.05, 0.1) is 18.1 Å².